The Kier molecular flexibility index (Phi) is 7.60. The predicted octanol–water partition coefficient (Wildman–Crippen LogP) is 5.98. The molecule has 0 N–H and O–H groups in total. The van der Waals surface area contributed by atoms with Crippen molar-refractivity contribution in [3.63, 3.8) is 0 Å². The molecule has 0 fully saturated rings. The molecule has 0 saturated carbocycles. The molecule has 0 saturated heterocycles. The van der Waals surface area contributed by atoms with Crippen LogP contribution >= 0.6 is 11.6 Å². The van der Waals surface area contributed by atoms with Gasteiger partial charge in [-0.2, -0.15) is 0 Å². The highest BCUT2D eigenvalue weighted by Crippen LogP contribution is 2.34. The van der Waals surface area contributed by atoms with Crippen LogP contribution in [-0.4, -0.2) is 42.1 Å². The average Bonchev–Trinajstić information content (AvgIpc) is 3.30. The van der Waals surface area contributed by atoms with Gasteiger partial charge in [-0.25, -0.2) is 4.79 Å². The number of halogens is 1. The first kappa shape index (κ1) is 26.3. The second-order valence-electron chi connectivity index (χ2n) is 9.16. The number of carbonyl (C=O) groups excluding carboxylic acids is 2. The lowest BCUT2D eigenvalue weighted by atomic mass is 10.0. The van der Waals surface area contributed by atoms with Gasteiger partial charge in [0.15, 0.2) is 0 Å². The van der Waals surface area contributed by atoms with Crippen LogP contribution in [0.5, 0.6) is 5.75 Å². The van der Waals surface area contributed by atoms with Gasteiger partial charge in [-0.3, -0.25) is 4.79 Å². The van der Waals surface area contributed by atoms with Crippen LogP contribution in [0.25, 0.3) is 11.8 Å². The fourth-order valence-corrected chi connectivity index (χ4v) is 4.91. The molecule has 1 aromatic heterocycles. The molecular weight excluding hydrogens is 488 g/mol. The molecule has 192 valence electrons. The van der Waals surface area contributed by atoms with E-state index in [4.69, 9.17) is 21.1 Å². The molecule has 0 radical (unpaired) electrons. The summed E-state index contributed by atoms with van der Waals surface area (Å²) < 4.78 is 12.4. The van der Waals surface area contributed by atoms with Crippen molar-refractivity contribution in [1.29, 1.82) is 0 Å². The van der Waals surface area contributed by atoms with Gasteiger partial charge in [0.05, 0.1) is 25.4 Å². The molecule has 2 aromatic carbocycles. The maximum absolute atomic E-state index is 13.6. The van der Waals surface area contributed by atoms with Crippen molar-refractivity contribution < 1.29 is 19.1 Å². The summed E-state index contributed by atoms with van der Waals surface area (Å²) in [6.07, 6.45) is 2.43. The minimum atomic E-state index is -0.525. The smallest absolute Gasteiger partial charge is 0.340 e. The SMILES string of the molecule is COC(=O)C1=C(C)N(CCc2ccc(OC)cc2)C(=O)/C1=C\c1cc(C)n(-c2ccc(C)c(Cl)c2)c1C. The standard InChI is InChI=1S/C30H31ClN2O4/c1-18-7-10-24(17-27(18)31)33-19(2)15-23(20(33)3)16-26-28(30(35)37-6)21(4)32(29(26)34)14-13-22-8-11-25(36-5)12-9-22/h7-12,15-17H,13-14H2,1-6H3/b26-16-. The fourth-order valence-electron chi connectivity index (χ4n) is 4.74. The molecule has 0 spiro atoms. The van der Waals surface area contributed by atoms with Crippen LogP contribution in [0.1, 0.15) is 35.0 Å². The van der Waals surface area contributed by atoms with E-state index in [1.807, 2.05) is 69.3 Å². The normalized spacial score (nSPS) is 14.6. The Labute approximate surface area is 222 Å². The van der Waals surface area contributed by atoms with Crippen LogP contribution in [0.4, 0.5) is 0 Å². The van der Waals surface area contributed by atoms with Crippen LogP contribution < -0.4 is 4.74 Å². The number of rotatable bonds is 7. The Morgan fingerprint density at radius 1 is 1.00 bits per heavy atom. The fraction of sp³-hybridized carbons (Fsp3) is 0.267. The van der Waals surface area contributed by atoms with E-state index in [0.29, 0.717) is 34.8 Å². The summed E-state index contributed by atoms with van der Waals surface area (Å²) in [5.41, 5.74) is 7.02. The van der Waals surface area contributed by atoms with Gasteiger partial charge >= 0.3 is 5.97 Å². The highest BCUT2D eigenvalue weighted by Gasteiger charge is 2.37. The van der Waals surface area contributed by atoms with E-state index in [0.717, 1.165) is 39.5 Å². The molecule has 6 nitrogen and oxygen atoms in total. The van der Waals surface area contributed by atoms with E-state index >= 15 is 0 Å². The van der Waals surface area contributed by atoms with E-state index < -0.39 is 5.97 Å². The van der Waals surface area contributed by atoms with E-state index in [1.165, 1.54) is 7.11 Å². The number of hydrogen-bond acceptors (Lipinski definition) is 4. The lowest BCUT2D eigenvalue weighted by molar-refractivity contribution is -0.136. The lowest BCUT2D eigenvalue weighted by Gasteiger charge is -2.18. The summed E-state index contributed by atoms with van der Waals surface area (Å²) in [5.74, 6) is 0.0403. The second kappa shape index (κ2) is 10.7. The third-order valence-corrected chi connectivity index (χ3v) is 7.28. The summed E-state index contributed by atoms with van der Waals surface area (Å²) in [5, 5.41) is 0.690. The lowest BCUT2D eigenvalue weighted by Crippen LogP contribution is -2.27. The van der Waals surface area contributed by atoms with Crippen molar-refractivity contribution in [3.8, 4) is 11.4 Å². The maximum Gasteiger partial charge on any atom is 0.340 e. The van der Waals surface area contributed by atoms with Crippen LogP contribution in [0.3, 0.4) is 0 Å². The molecule has 0 bridgehead atoms. The van der Waals surface area contributed by atoms with Crippen LogP contribution in [0.15, 0.2) is 65.4 Å². The van der Waals surface area contributed by atoms with Crippen molar-refractivity contribution in [1.82, 2.24) is 9.47 Å². The molecule has 7 heteroatoms. The van der Waals surface area contributed by atoms with E-state index in [-0.39, 0.29) is 5.91 Å². The molecule has 0 aliphatic carbocycles. The minimum absolute atomic E-state index is 0.213. The Balaban J connectivity index is 1.69. The Bertz CT molecular complexity index is 1430. The number of ether oxygens (including phenoxy) is 2. The molecule has 0 unspecified atom stereocenters. The van der Waals surface area contributed by atoms with Gasteiger partial charge in [0, 0.05) is 34.3 Å². The van der Waals surface area contributed by atoms with Crippen molar-refractivity contribution in [2.24, 2.45) is 0 Å². The summed E-state index contributed by atoms with van der Waals surface area (Å²) in [7, 11) is 2.96. The number of allylic oxidation sites excluding steroid dienone is 1. The molecule has 37 heavy (non-hydrogen) atoms. The zero-order valence-corrected chi connectivity index (χ0v) is 22.8. The van der Waals surface area contributed by atoms with Crippen molar-refractivity contribution in [3.05, 3.63) is 98.5 Å². The summed E-state index contributed by atoms with van der Waals surface area (Å²) in [6, 6.07) is 15.7. The number of nitrogens with zero attached hydrogens (tertiary/aromatic N) is 2. The summed E-state index contributed by atoms with van der Waals surface area (Å²) >= 11 is 6.38. The summed E-state index contributed by atoms with van der Waals surface area (Å²) in [4.78, 5) is 28.0. The first-order chi connectivity index (χ1) is 17.7. The highest BCUT2D eigenvalue weighted by molar-refractivity contribution is 6.31. The van der Waals surface area contributed by atoms with Gasteiger partial charge in [-0.05, 0) is 87.2 Å². The number of esters is 1. The number of aryl methyl sites for hydroxylation is 2. The Hall–Kier alpha value is -3.77. The van der Waals surface area contributed by atoms with Crippen LogP contribution in [-0.2, 0) is 20.7 Å². The number of aromatic nitrogens is 1. The zero-order valence-electron chi connectivity index (χ0n) is 22.0. The molecule has 4 rings (SSSR count). The van der Waals surface area contributed by atoms with Gasteiger partial charge in [0.1, 0.15) is 5.75 Å². The van der Waals surface area contributed by atoms with Gasteiger partial charge in [-0.1, -0.05) is 29.8 Å². The maximum atomic E-state index is 13.6. The first-order valence-corrected chi connectivity index (χ1v) is 12.5. The minimum Gasteiger partial charge on any atom is -0.497 e. The number of benzene rings is 2. The first-order valence-electron chi connectivity index (χ1n) is 12.1. The Morgan fingerprint density at radius 2 is 1.70 bits per heavy atom. The third kappa shape index (κ3) is 5.07. The Morgan fingerprint density at radius 3 is 2.32 bits per heavy atom. The molecule has 3 aromatic rings. The van der Waals surface area contributed by atoms with Crippen LogP contribution in [0, 0.1) is 20.8 Å². The van der Waals surface area contributed by atoms with Crippen molar-refractivity contribution in [2.75, 3.05) is 20.8 Å². The molecular formula is C30H31ClN2O4. The van der Waals surface area contributed by atoms with Gasteiger partial charge in [0.2, 0.25) is 0 Å². The number of methoxy groups -OCH3 is 2. The molecule has 0 atom stereocenters. The molecule has 1 aliphatic heterocycles. The topological polar surface area (TPSA) is 60.8 Å². The average molecular weight is 519 g/mol. The predicted molar refractivity (Wildman–Crippen MR) is 146 cm³/mol. The van der Waals surface area contributed by atoms with E-state index in [1.54, 1.807) is 25.0 Å². The molecule has 1 amide bonds. The molecule has 1 aliphatic rings. The van der Waals surface area contributed by atoms with Gasteiger partial charge in [-0.15, -0.1) is 0 Å². The van der Waals surface area contributed by atoms with Crippen LogP contribution in [0.2, 0.25) is 5.02 Å². The number of hydrogen-bond donors (Lipinski definition) is 0. The van der Waals surface area contributed by atoms with Crippen molar-refractivity contribution >= 4 is 29.6 Å². The number of carbonyl (C=O) groups is 2. The zero-order chi connectivity index (χ0) is 26.9. The second-order valence-corrected chi connectivity index (χ2v) is 9.57. The van der Waals surface area contributed by atoms with E-state index in [2.05, 4.69) is 4.57 Å². The number of amides is 1. The quantitative estimate of drug-likeness (QED) is 0.285. The molecule has 2 heterocycles. The largest absolute Gasteiger partial charge is 0.497 e. The van der Waals surface area contributed by atoms with Crippen molar-refractivity contribution in [2.45, 2.75) is 34.1 Å². The highest BCUT2D eigenvalue weighted by atomic mass is 35.5. The van der Waals surface area contributed by atoms with Gasteiger partial charge < -0.3 is 18.9 Å². The summed E-state index contributed by atoms with van der Waals surface area (Å²) in [6.45, 7) is 8.18. The van der Waals surface area contributed by atoms with Gasteiger partial charge in [0.25, 0.3) is 5.91 Å². The third-order valence-electron chi connectivity index (χ3n) is 6.87. The monoisotopic (exact) mass is 518 g/mol. The van der Waals surface area contributed by atoms with E-state index in [9.17, 15) is 9.59 Å².